The van der Waals surface area contributed by atoms with Crippen LogP contribution in [-0.4, -0.2) is 61.9 Å². The number of hydrogen-bond acceptors (Lipinski definition) is 8. The topological polar surface area (TPSA) is 104 Å². The molecule has 0 aliphatic carbocycles. The molecule has 0 radical (unpaired) electrons. The van der Waals surface area contributed by atoms with Crippen molar-refractivity contribution >= 4 is 52.0 Å². The first kappa shape index (κ1) is 22.2. The lowest BCUT2D eigenvalue weighted by Gasteiger charge is -2.25. The molecule has 34 heavy (non-hydrogen) atoms. The lowest BCUT2D eigenvalue weighted by Crippen LogP contribution is -2.37. The molecule has 12 heteroatoms. The molecule has 5 rings (SSSR count). The van der Waals surface area contributed by atoms with E-state index in [2.05, 4.69) is 9.97 Å². The zero-order valence-corrected chi connectivity index (χ0v) is 19.3. The number of hydrogen-bond donors (Lipinski definition) is 0. The maximum absolute atomic E-state index is 12.6. The second-order valence-corrected chi connectivity index (χ2v) is 8.41. The van der Waals surface area contributed by atoms with Gasteiger partial charge < -0.3 is 18.9 Å². The smallest absolute Gasteiger partial charge is 0.419 e. The van der Waals surface area contributed by atoms with Crippen LogP contribution in [0.15, 0.2) is 55.6 Å². The zero-order chi connectivity index (χ0) is 23.8. The van der Waals surface area contributed by atoms with Gasteiger partial charge in [-0.05, 0) is 12.1 Å². The summed E-state index contributed by atoms with van der Waals surface area (Å²) in [5, 5.41) is 1.40. The number of methoxy groups -OCH3 is 1. The van der Waals surface area contributed by atoms with Crippen LogP contribution in [-0.2, 0) is 14.3 Å². The number of nitrogens with zero attached hydrogens (tertiary/aromatic N) is 6. The number of benzene rings is 1. The number of halogens is 2. The van der Waals surface area contributed by atoms with Gasteiger partial charge >= 0.3 is 12.1 Å². The molecular weight excluding hydrogens is 483 g/mol. The highest BCUT2D eigenvalue weighted by molar-refractivity contribution is 6.45. The Hall–Kier alpha value is -3.63. The Labute approximate surface area is 203 Å². The summed E-state index contributed by atoms with van der Waals surface area (Å²) in [7, 11) is 1.31. The van der Waals surface area contributed by atoms with Gasteiger partial charge in [-0.3, -0.25) is 0 Å². The Morgan fingerprint density at radius 1 is 1.12 bits per heavy atom. The highest BCUT2D eigenvalue weighted by Gasteiger charge is 2.41. The minimum absolute atomic E-state index is 0.222. The highest BCUT2D eigenvalue weighted by Crippen LogP contribution is 2.36. The average Bonchev–Trinajstić information content (AvgIpc) is 3.62. The van der Waals surface area contributed by atoms with Gasteiger partial charge in [-0.25, -0.2) is 29.1 Å². The lowest BCUT2D eigenvalue weighted by atomic mass is 10.1. The number of esters is 1. The third-order valence-electron chi connectivity index (χ3n) is 5.63. The van der Waals surface area contributed by atoms with Crippen LogP contribution in [0.3, 0.4) is 0 Å². The van der Waals surface area contributed by atoms with E-state index in [0.29, 0.717) is 21.4 Å². The van der Waals surface area contributed by atoms with E-state index in [1.807, 2.05) is 16.7 Å². The first-order valence-corrected chi connectivity index (χ1v) is 11.0. The zero-order valence-electron chi connectivity index (χ0n) is 17.8. The van der Waals surface area contributed by atoms with E-state index in [-0.39, 0.29) is 13.0 Å². The molecular formula is C22H18Cl2N6O4. The van der Waals surface area contributed by atoms with Crippen LogP contribution >= 0.6 is 23.2 Å². The van der Waals surface area contributed by atoms with Gasteiger partial charge in [-0.15, -0.1) is 0 Å². The predicted molar refractivity (Wildman–Crippen MR) is 125 cm³/mol. The molecule has 1 fully saturated rings. The fourth-order valence-corrected chi connectivity index (χ4v) is 4.39. The van der Waals surface area contributed by atoms with Crippen molar-refractivity contribution < 1.29 is 19.1 Å². The van der Waals surface area contributed by atoms with E-state index in [4.69, 9.17) is 37.7 Å². The van der Waals surface area contributed by atoms with Crippen LogP contribution in [0.2, 0.25) is 10.0 Å². The molecule has 3 aromatic heterocycles. The van der Waals surface area contributed by atoms with Crippen molar-refractivity contribution in [2.24, 2.45) is 0 Å². The summed E-state index contributed by atoms with van der Waals surface area (Å²) in [5.74, 6) is -0.0126. The Balaban J connectivity index is 1.57. The van der Waals surface area contributed by atoms with E-state index in [0.717, 1.165) is 11.1 Å². The number of ether oxygens (including phenoxy) is 2. The average molecular weight is 501 g/mol. The summed E-state index contributed by atoms with van der Waals surface area (Å²) in [6.45, 7) is 0.222. The standard InChI is InChI=1S/C22H18Cl2N6O4/c1-33-21(31)17-8-13(34-22(32)29-7-5-26-12-29)10-30(17)18-9-16(28-6-4-25-11-28)14-2-3-15(23)19(24)20(14)27-18/h2-7,9,11-13,17H,8,10H2,1H3/t13-,17+/m1/s1. The molecule has 2 atom stereocenters. The molecule has 1 saturated heterocycles. The van der Waals surface area contributed by atoms with Crippen molar-refractivity contribution in [3.05, 3.63) is 65.7 Å². The molecule has 0 bridgehead atoms. The quantitative estimate of drug-likeness (QED) is 0.390. The molecule has 0 saturated carbocycles. The van der Waals surface area contributed by atoms with E-state index in [1.54, 1.807) is 29.7 Å². The molecule has 174 valence electrons. The van der Waals surface area contributed by atoms with Crippen LogP contribution in [0.25, 0.3) is 16.6 Å². The Bertz CT molecular complexity index is 1360. The van der Waals surface area contributed by atoms with Gasteiger partial charge in [-0.2, -0.15) is 0 Å². The number of carbonyl (C=O) groups is 2. The molecule has 1 aliphatic rings. The Morgan fingerprint density at radius 2 is 1.91 bits per heavy atom. The van der Waals surface area contributed by atoms with Gasteiger partial charge in [0.2, 0.25) is 0 Å². The van der Waals surface area contributed by atoms with E-state index >= 15 is 0 Å². The van der Waals surface area contributed by atoms with Crippen molar-refractivity contribution in [1.82, 2.24) is 24.1 Å². The SMILES string of the molecule is COC(=O)[C@@H]1C[C@@H](OC(=O)n2ccnc2)CN1c1cc(-n2ccnc2)c2ccc(Cl)c(Cl)c2n1. The molecule has 1 aromatic carbocycles. The molecule has 4 heterocycles. The van der Waals surface area contributed by atoms with E-state index in [9.17, 15) is 9.59 Å². The van der Waals surface area contributed by atoms with Gasteiger partial charge in [0.05, 0.1) is 41.2 Å². The second kappa shape index (κ2) is 8.96. The summed E-state index contributed by atoms with van der Waals surface area (Å²) in [5.41, 5.74) is 1.22. The first-order chi connectivity index (χ1) is 16.5. The summed E-state index contributed by atoms with van der Waals surface area (Å²) in [6, 6.07) is 4.63. The van der Waals surface area contributed by atoms with Gasteiger partial charge in [0, 0.05) is 42.7 Å². The van der Waals surface area contributed by atoms with Gasteiger partial charge in [0.15, 0.2) is 0 Å². The van der Waals surface area contributed by atoms with Crippen molar-refractivity contribution in [3.63, 3.8) is 0 Å². The van der Waals surface area contributed by atoms with Crippen molar-refractivity contribution in [2.75, 3.05) is 18.6 Å². The molecule has 10 nitrogen and oxygen atoms in total. The van der Waals surface area contributed by atoms with Crippen LogP contribution in [0, 0.1) is 0 Å². The minimum atomic E-state index is -0.718. The van der Waals surface area contributed by atoms with Crippen molar-refractivity contribution in [3.8, 4) is 5.69 Å². The minimum Gasteiger partial charge on any atom is -0.467 e. The third-order valence-corrected chi connectivity index (χ3v) is 6.43. The summed E-state index contributed by atoms with van der Waals surface area (Å²) < 4.78 is 13.7. The largest absolute Gasteiger partial charge is 0.467 e. The second-order valence-electron chi connectivity index (χ2n) is 7.63. The number of aromatic nitrogens is 5. The summed E-state index contributed by atoms with van der Waals surface area (Å²) >= 11 is 12.8. The third kappa shape index (κ3) is 3.95. The fraction of sp³-hybridized carbons (Fsp3) is 0.227. The maximum atomic E-state index is 12.6. The number of fused-ring (bicyclic) bond motifs is 1. The summed E-state index contributed by atoms with van der Waals surface area (Å²) in [6.07, 6.45) is 8.47. The number of imidazole rings is 2. The molecule has 0 amide bonds. The van der Waals surface area contributed by atoms with E-state index < -0.39 is 24.2 Å². The van der Waals surface area contributed by atoms with E-state index in [1.165, 1.54) is 30.4 Å². The number of carbonyl (C=O) groups excluding carboxylic acids is 2. The Morgan fingerprint density at radius 3 is 2.62 bits per heavy atom. The number of pyridine rings is 1. The van der Waals surface area contributed by atoms with Crippen molar-refractivity contribution in [2.45, 2.75) is 18.6 Å². The number of rotatable bonds is 4. The number of anilines is 1. The summed E-state index contributed by atoms with van der Waals surface area (Å²) in [4.78, 5) is 39.5. The van der Waals surface area contributed by atoms with Crippen LogP contribution in [0.5, 0.6) is 0 Å². The first-order valence-electron chi connectivity index (χ1n) is 10.3. The Kier molecular flexibility index (Phi) is 5.84. The van der Waals surface area contributed by atoms with Gasteiger partial charge in [0.25, 0.3) is 0 Å². The van der Waals surface area contributed by atoms with Crippen LogP contribution in [0.1, 0.15) is 6.42 Å². The van der Waals surface area contributed by atoms with Crippen LogP contribution in [0.4, 0.5) is 10.6 Å². The lowest BCUT2D eigenvalue weighted by molar-refractivity contribution is -0.142. The van der Waals surface area contributed by atoms with Gasteiger partial charge in [-0.1, -0.05) is 23.2 Å². The van der Waals surface area contributed by atoms with Crippen molar-refractivity contribution in [1.29, 1.82) is 0 Å². The molecule has 0 unspecified atom stereocenters. The van der Waals surface area contributed by atoms with Gasteiger partial charge in [0.1, 0.15) is 24.3 Å². The predicted octanol–water partition coefficient (Wildman–Crippen LogP) is 3.73. The molecule has 4 aromatic rings. The fourth-order valence-electron chi connectivity index (χ4n) is 4.03. The normalized spacial score (nSPS) is 17.8. The van der Waals surface area contributed by atoms with Crippen LogP contribution < -0.4 is 4.90 Å². The molecule has 1 aliphatic heterocycles. The highest BCUT2D eigenvalue weighted by atomic mass is 35.5. The molecule has 0 spiro atoms. The molecule has 0 N–H and O–H groups in total. The maximum Gasteiger partial charge on any atom is 0.419 e. The monoisotopic (exact) mass is 500 g/mol.